The van der Waals surface area contributed by atoms with E-state index in [2.05, 4.69) is 33.7 Å². The summed E-state index contributed by atoms with van der Waals surface area (Å²) in [5.41, 5.74) is 3.44. The largest absolute Gasteiger partial charge is 0.361 e. The molecule has 0 aliphatic carbocycles. The van der Waals surface area contributed by atoms with Crippen molar-refractivity contribution < 1.29 is 4.39 Å². The fraction of sp³-hybridized carbons (Fsp3) is 0.333. The van der Waals surface area contributed by atoms with Gasteiger partial charge in [-0.3, -0.25) is 5.43 Å². The maximum absolute atomic E-state index is 13.6. The average Bonchev–Trinajstić information content (AvgIpc) is 2.71. The van der Waals surface area contributed by atoms with Crippen molar-refractivity contribution in [3.8, 4) is 0 Å². The van der Waals surface area contributed by atoms with E-state index >= 15 is 0 Å². The lowest BCUT2D eigenvalue weighted by molar-refractivity contribution is 0.614. The van der Waals surface area contributed by atoms with Gasteiger partial charge in [-0.2, -0.15) is 4.98 Å². The van der Waals surface area contributed by atoms with Crippen LogP contribution in [0.2, 0.25) is 0 Å². The summed E-state index contributed by atoms with van der Waals surface area (Å²) in [4.78, 5) is 10.1. The number of aryl methyl sites for hydroxylation is 2. The van der Waals surface area contributed by atoms with Gasteiger partial charge in [-0.05, 0) is 32.4 Å². The van der Waals surface area contributed by atoms with Crippen LogP contribution in [0.4, 0.5) is 16.2 Å². The second kappa shape index (κ2) is 5.50. The minimum atomic E-state index is -0.504. The maximum Gasteiger partial charge on any atom is 0.239 e. The number of hydrogen-bond acceptors (Lipinski definition) is 6. The number of aromatic nitrogens is 2. The molecule has 0 radical (unpaired) electrons. The number of halogens is 1. The highest BCUT2D eigenvalue weighted by atomic mass is 32.1. The molecule has 1 unspecified atom stereocenters. The summed E-state index contributed by atoms with van der Waals surface area (Å²) in [6.07, 6.45) is 1.09. The van der Waals surface area contributed by atoms with E-state index in [1.165, 1.54) is 9.75 Å². The van der Waals surface area contributed by atoms with Crippen molar-refractivity contribution in [1.82, 2.24) is 9.97 Å². The Morgan fingerprint density at radius 3 is 2.74 bits per heavy atom. The Bertz CT molecular complexity index is 583. The molecular weight excluding hydrogens is 265 g/mol. The Morgan fingerprint density at radius 1 is 1.42 bits per heavy atom. The first-order valence-corrected chi connectivity index (χ1v) is 6.65. The van der Waals surface area contributed by atoms with Gasteiger partial charge >= 0.3 is 0 Å². The number of nitrogens with zero attached hydrogens (tertiary/aromatic N) is 2. The van der Waals surface area contributed by atoms with Crippen molar-refractivity contribution in [3.05, 3.63) is 33.4 Å². The molecule has 0 saturated heterocycles. The SMILES string of the molecule is Cc1cc(C(C)Nc2nc(NN)ncc2F)c(C)s1. The Labute approximate surface area is 115 Å². The van der Waals surface area contributed by atoms with Crippen LogP contribution in [-0.2, 0) is 0 Å². The Kier molecular flexibility index (Phi) is 3.96. The van der Waals surface area contributed by atoms with E-state index in [0.29, 0.717) is 0 Å². The van der Waals surface area contributed by atoms with E-state index in [9.17, 15) is 4.39 Å². The molecule has 2 rings (SSSR count). The first kappa shape index (κ1) is 13.7. The van der Waals surface area contributed by atoms with Gasteiger partial charge in [0.1, 0.15) is 0 Å². The number of thiophene rings is 1. The predicted molar refractivity (Wildman–Crippen MR) is 75.6 cm³/mol. The predicted octanol–water partition coefficient (Wildman–Crippen LogP) is 2.75. The molecule has 5 nitrogen and oxygen atoms in total. The fourth-order valence-corrected chi connectivity index (χ4v) is 2.92. The average molecular weight is 281 g/mol. The standard InChI is InChI=1S/C12H16FN5S/c1-6-4-9(8(3)19-6)7(2)16-11-10(13)5-15-12(17-11)18-14/h4-5,7H,14H2,1-3H3,(H2,15,16,17,18). The van der Waals surface area contributed by atoms with Crippen molar-refractivity contribution in [3.63, 3.8) is 0 Å². The number of nitrogens with one attached hydrogen (secondary N) is 2. The van der Waals surface area contributed by atoms with Gasteiger partial charge in [0.05, 0.1) is 12.2 Å². The molecule has 4 N–H and O–H groups in total. The van der Waals surface area contributed by atoms with Gasteiger partial charge in [0.25, 0.3) is 0 Å². The van der Waals surface area contributed by atoms with Gasteiger partial charge in [-0.1, -0.05) is 0 Å². The maximum atomic E-state index is 13.6. The van der Waals surface area contributed by atoms with Gasteiger partial charge in [0.15, 0.2) is 11.6 Å². The second-order valence-electron chi connectivity index (χ2n) is 4.27. The molecule has 0 spiro atoms. The molecule has 19 heavy (non-hydrogen) atoms. The summed E-state index contributed by atoms with van der Waals surface area (Å²) in [6, 6.07) is 2.05. The summed E-state index contributed by atoms with van der Waals surface area (Å²) in [7, 11) is 0. The van der Waals surface area contributed by atoms with E-state index < -0.39 is 5.82 Å². The van der Waals surface area contributed by atoms with Gasteiger partial charge < -0.3 is 5.32 Å². The first-order chi connectivity index (χ1) is 9.01. The molecule has 0 fully saturated rings. The van der Waals surface area contributed by atoms with Crippen LogP contribution in [0.15, 0.2) is 12.3 Å². The zero-order valence-corrected chi connectivity index (χ0v) is 11.8. The topological polar surface area (TPSA) is 75.9 Å². The van der Waals surface area contributed by atoms with Crippen molar-refractivity contribution in [2.24, 2.45) is 5.84 Å². The molecule has 102 valence electrons. The molecule has 0 saturated carbocycles. The van der Waals surface area contributed by atoms with Crippen LogP contribution < -0.4 is 16.6 Å². The van der Waals surface area contributed by atoms with Crippen LogP contribution in [-0.4, -0.2) is 9.97 Å². The van der Waals surface area contributed by atoms with Crippen LogP contribution in [0.5, 0.6) is 0 Å². The highest BCUT2D eigenvalue weighted by molar-refractivity contribution is 7.12. The van der Waals surface area contributed by atoms with Gasteiger partial charge in [0, 0.05) is 9.75 Å². The molecule has 2 aromatic rings. The van der Waals surface area contributed by atoms with Crippen LogP contribution in [0.3, 0.4) is 0 Å². The van der Waals surface area contributed by atoms with E-state index in [1.54, 1.807) is 11.3 Å². The third-order valence-electron chi connectivity index (χ3n) is 2.77. The molecule has 0 bridgehead atoms. The molecule has 1 atom stereocenters. The minimum absolute atomic E-state index is 0.0417. The molecule has 7 heteroatoms. The minimum Gasteiger partial charge on any atom is -0.361 e. The highest BCUT2D eigenvalue weighted by Crippen LogP contribution is 2.28. The monoisotopic (exact) mass is 281 g/mol. The lowest BCUT2D eigenvalue weighted by Crippen LogP contribution is -2.14. The van der Waals surface area contributed by atoms with Crippen molar-refractivity contribution in [2.45, 2.75) is 26.8 Å². The molecule has 0 amide bonds. The van der Waals surface area contributed by atoms with Crippen molar-refractivity contribution in [1.29, 1.82) is 0 Å². The number of nitrogen functional groups attached to an aromatic ring is 1. The highest BCUT2D eigenvalue weighted by Gasteiger charge is 2.14. The van der Waals surface area contributed by atoms with E-state index in [-0.39, 0.29) is 17.8 Å². The van der Waals surface area contributed by atoms with Gasteiger partial charge in [-0.15, -0.1) is 11.3 Å². The fourth-order valence-electron chi connectivity index (χ4n) is 1.90. The van der Waals surface area contributed by atoms with Crippen LogP contribution in [0, 0.1) is 19.7 Å². The number of hydrazine groups is 1. The van der Waals surface area contributed by atoms with E-state index in [1.807, 2.05) is 13.8 Å². The molecule has 0 aliphatic heterocycles. The zero-order valence-electron chi connectivity index (χ0n) is 11.0. The van der Waals surface area contributed by atoms with E-state index in [4.69, 9.17) is 5.84 Å². The number of hydrogen-bond donors (Lipinski definition) is 3. The smallest absolute Gasteiger partial charge is 0.239 e. The summed E-state index contributed by atoms with van der Waals surface area (Å²) < 4.78 is 13.6. The summed E-state index contributed by atoms with van der Waals surface area (Å²) >= 11 is 1.72. The lowest BCUT2D eigenvalue weighted by Gasteiger charge is -2.15. The summed E-state index contributed by atoms with van der Waals surface area (Å²) in [5, 5.41) is 3.04. The van der Waals surface area contributed by atoms with Crippen LogP contribution in [0.1, 0.15) is 28.3 Å². The zero-order chi connectivity index (χ0) is 14.0. The molecular formula is C12H16FN5S. The van der Waals surface area contributed by atoms with E-state index in [0.717, 1.165) is 11.8 Å². The lowest BCUT2D eigenvalue weighted by atomic mass is 10.1. The molecule has 0 aliphatic rings. The Morgan fingerprint density at radius 2 is 2.16 bits per heavy atom. The van der Waals surface area contributed by atoms with Crippen LogP contribution in [0.25, 0.3) is 0 Å². The molecule has 0 aromatic carbocycles. The second-order valence-corrected chi connectivity index (χ2v) is 5.73. The number of nitrogens with two attached hydrogens (primary N) is 1. The normalized spacial score (nSPS) is 12.3. The first-order valence-electron chi connectivity index (χ1n) is 5.84. The third kappa shape index (κ3) is 2.99. The number of anilines is 2. The van der Waals surface area contributed by atoms with Crippen molar-refractivity contribution >= 4 is 23.1 Å². The third-order valence-corrected chi connectivity index (χ3v) is 3.75. The Balaban J connectivity index is 2.23. The van der Waals surface area contributed by atoms with Crippen LogP contribution >= 0.6 is 11.3 Å². The van der Waals surface area contributed by atoms with Gasteiger partial charge in [-0.25, -0.2) is 15.2 Å². The number of rotatable bonds is 4. The summed E-state index contributed by atoms with van der Waals surface area (Å²) in [5.74, 6) is 5.02. The van der Waals surface area contributed by atoms with Crippen molar-refractivity contribution in [2.75, 3.05) is 10.7 Å². The molecule has 2 aromatic heterocycles. The Hall–Kier alpha value is -1.73. The summed E-state index contributed by atoms with van der Waals surface area (Å²) in [6.45, 7) is 6.07. The molecule has 2 heterocycles. The van der Waals surface area contributed by atoms with Gasteiger partial charge in [0.2, 0.25) is 5.95 Å². The quantitative estimate of drug-likeness (QED) is 0.593.